The first-order chi connectivity index (χ1) is 9.29. The third-order valence-electron chi connectivity index (χ3n) is 3.03. The van der Waals surface area contributed by atoms with Gasteiger partial charge in [0.2, 0.25) is 0 Å². The Morgan fingerprint density at radius 1 is 1.00 bits per heavy atom. The molecule has 1 heterocycles. The standard InChI is InChI=1S/C16H9ClN2/c17-16-13(9-18)10-19-15-7-6-12(8-14(15)16)11-4-2-1-3-5-11/h1-8,10H. The summed E-state index contributed by atoms with van der Waals surface area (Å²) in [4.78, 5) is 4.24. The van der Waals surface area contributed by atoms with Crippen molar-refractivity contribution in [3.63, 3.8) is 0 Å². The van der Waals surface area contributed by atoms with Crippen LogP contribution in [0.4, 0.5) is 0 Å². The lowest BCUT2D eigenvalue weighted by molar-refractivity contribution is 1.37. The zero-order chi connectivity index (χ0) is 13.2. The molecule has 0 saturated heterocycles. The number of rotatable bonds is 1. The van der Waals surface area contributed by atoms with Gasteiger partial charge in [-0.25, -0.2) is 0 Å². The van der Waals surface area contributed by atoms with Crippen LogP contribution in [-0.4, -0.2) is 4.98 Å². The summed E-state index contributed by atoms with van der Waals surface area (Å²) in [6.45, 7) is 0. The van der Waals surface area contributed by atoms with Gasteiger partial charge >= 0.3 is 0 Å². The van der Waals surface area contributed by atoms with Gasteiger partial charge in [0.25, 0.3) is 0 Å². The Hall–Kier alpha value is -2.37. The second kappa shape index (κ2) is 4.72. The number of halogens is 1. The summed E-state index contributed by atoms with van der Waals surface area (Å²) in [6, 6.07) is 18.0. The number of hydrogen-bond donors (Lipinski definition) is 0. The molecule has 0 spiro atoms. The highest BCUT2D eigenvalue weighted by atomic mass is 35.5. The number of pyridine rings is 1. The Bertz CT molecular complexity index is 789. The van der Waals surface area contributed by atoms with Crippen molar-refractivity contribution >= 4 is 22.5 Å². The minimum atomic E-state index is 0.402. The topological polar surface area (TPSA) is 36.7 Å². The lowest BCUT2D eigenvalue weighted by Gasteiger charge is -2.05. The molecule has 3 aromatic rings. The normalized spacial score (nSPS) is 10.3. The van der Waals surface area contributed by atoms with Crippen molar-refractivity contribution in [3.05, 3.63) is 65.3 Å². The van der Waals surface area contributed by atoms with Crippen LogP contribution in [0.15, 0.2) is 54.7 Å². The van der Waals surface area contributed by atoms with E-state index in [-0.39, 0.29) is 0 Å². The fraction of sp³-hybridized carbons (Fsp3) is 0. The number of nitriles is 1. The summed E-state index contributed by atoms with van der Waals surface area (Å²) in [7, 11) is 0. The van der Waals surface area contributed by atoms with Crippen LogP contribution in [0, 0.1) is 11.3 Å². The van der Waals surface area contributed by atoms with Gasteiger partial charge in [-0.15, -0.1) is 0 Å². The smallest absolute Gasteiger partial charge is 0.102 e. The van der Waals surface area contributed by atoms with Gasteiger partial charge in [-0.2, -0.15) is 5.26 Å². The Kier molecular flexibility index (Phi) is 2.91. The molecule has 0 fully saturated rings. The van der Waals surface area contributed by atoms with E-state index >= 15 is 0 Å². The molecule has 1 aromatic heterocycles. The highest BCUT2D eigenvalue weighted by Gasteiger charge is 2.07. The molecule has 0 aliphatic carbocycles. The van der Waals surface area contributed by atoms with Gasteiger partial charge in [-0.05, 0) is 23.3 Å². The van der Waals surface area contributed by atoms with Gasteiger partial charge in [0.1, 0.15) is 6.07 Å². The van der Waals surface area contributed by atoms with Crippen LogP contribution in [0.2, 0.25) is 5.02 Å². The lowest BCUT2D eigenvalue weighted by Crippen LogP contribution is -1.86. The van der Waals surface area contributed by atoms with Crippen molar-refractivity contribution < 1.29 is 0 Å². The molecule has 0 aliphatic heterocycles. The van der Waals surface area contributed by atoms with E-state index < -0.39 is 0 Å². The molecule has 0 radical (unpaired) electrons. The number of aromatic nitrogens is 1. The maximum absolute atomic E-state index is 8.99. The quantitative estimate of drug-likeness (QED) is 0.652. The van der Waals surface area contributed by atoms with Gasteiger partial charge in [-0.3, -0.25) is 4.98 Å². The van der Waals surface area contributed by atoms with Crippen LogP contribution in [0.1, 0.15) is 5.56 Å². The van der Waals surface area contributed by atoms with E-state index in [2.05, 4.69) is 11.1 Å². The van der Waals surface area contributed by atoms with Crippen LogP contribution in [0.3, 0.4) is 0 Å². The fourth-order valence-corrected chi connectivity index (χ4v) is 2.29. The number of nitrogens with zero attached hydrogens (tertiary/aromatic N) is 2. The Balaban J connectivity index is 2.26. The number of benzene rings is 2. The molecule has 0 aliphatic rings. The van der Waals surface area contributed by atoms with Crippen LogP contribution in [0.5, 0.6) is 0 Å². The number of hydrogen-bond acceptors (Lipinski definition) is 2. The van der Waals surface area contributed by atoms with Crippen molar-refractivity contribution in [2.24, 2.45) is 0 Å². The molecule has 0 atom stereocenters. The van der Waals surface area contributed by atoms with Gasteiger partial charge in [-0.1, -0.05) is 48.0 Å². The Labute approximate surface area is 115 Å². The summed E-state index contributed by atoms with van der Waals surface area (Å²) < 4.78 is 0. The zero-order valence-electron chi connectivity index (χ0n) is 9.97. The zero-order valence-corrected chi connectivity index (χ0v) is 10.7. The predicted molar refractivity (Wildman–Crippen MR) is 76.9 cm³/mol. The van der Waals surface area contributed by atoms with Crippen molar-refractivity contribution in [1.82, 2.24) is 4.98 Å². The Morgan fingerprint density at radius 2 is 1.79 bits per heavy atom. The maximum atomic E-state index is 8.99. The molecule has 90 valence electrons. The van der Waals surface area contributed by atoms with Gasteiger partial charge in [0.15, 0.2) is 0 Å². The SMILES string of the molecule is N#Cc1cnc2ccc(-c3ccccc3)cc2c1Cl. The van der Waals surface area contributed by atoms with Gasteiger partial charge in [0.05, 0.1) is 16.1 Å². The van der Waals surface area contributed by atoms with E-state index in [1.54, 1.807) is 0 Å². The minimum absolute atomic E-state index is 0.402. The van der Waals surface area contributed by atoms with E-state index in [4.69, 9.17) is 16.9 Å². The van der Waals surface area contributed by atoms with E-state index in [0.717, 1.165) is 22.0 Å². The van der Waals surface area contributed by atoms with E-state index in [0.29, 0.717) is 10.6 Å². The van der Waals surface area contributed by atoms with Crippen LogP contribution in [-0.2, 0) is 0 Å². The minimum Gasteiger partial charge on any atom is -0.255 e. The van der Waals surface area contributed by atoms with Crippen molar-refractivity contribution in [2.45, 2.75) is 0 Å². The number of fused-ring (bicyclic) bond motifs is 1. The molecule has 3 heteroatoms. The molecule has 0 unspecified atom stereocenters. The molecule has 2 aromatic carbocycles. The molecule has 2 nitrogen and oxygen atoms in total. The van der Waals surface area contributed by atoms with E-state index in [1.165, 1.54) is 6.20 Å². The molecule has 0 N–H and O–H groups in total. The highest BCUT2D eigenvalue weighted by molar-refractivity contribution is 6.36. The van der Waals surface area contributed by atoms with Crippen LogP contribution < -0.4 is 0 Å². The fourth-order valence-electron chi connectivity index (χ4n) is 2.05. The lowest BCUT2D eigenvalue weighted by atomic mass is 10.0. The average Bonchev–Trinajstić information content (AvgIpc) is 2.48. The molecule has 0 saturated carbocycles. The average molecular weight is 265 g/mol. The molecule has 0 bridgehead atoms. The summed E-state index contributed by atoms with van der Waals surface area (Å²) in [5.41, 5.74) is 3.37. The van der Waals surface area contributed by atoms with Gasteiger partial charge < -0.3 is 0 Å². The van der Waals surface area contributed by atoms with Gasteiger partial charge in [0, 0.05) is 11.6 Å². The molecule has 3 rings (SSSR count). The Morgan fingerprint density at radius 3 is 2.53 bits per heavy atom. The third kappa shape index (κ3) is 2.05. The third-order valence-corrected chi connectivity index (χ3v) is 3.44. The van der Waals surface area contributed by atoms with E-state index in [9.17, 15) is 0 Å². The maximum Gasteiger partial charge on any atom is 0.102 e. The summed E-state index contributed by atoms with van der Waals surface area (Å²) in [5, 5.41) is 10.3. The summed E-state index contributed by atoms with van der Waals surface area (Å²) in [5.74, 6) is 0. The first kappa shape index (κ1) is 11.7. The van der Waals surface area contributed by atoms with Crippen LogP contribution in [0.25, 0.3) is 22.0 Å². The largest absolute Gasteiger partial charge is 0.255 e. The molecular weight excluding hydrogens is 256 g/mol. The predicted octanol–water partition coefficient (Wildman–Crippen LogP) is 4.43. The second-order valence-electron chi connectivity index (χ2n) is 4.20. The molecule has 19 heavy (non-hydrogen) atoms. The van der Waals surface area contributed by atoms with Crippen LogP contribution >= 0.6 is 11.6 Å². The van der Waals surface area contributed by atoms with Crippen molar-refractivity contribution in [3.8, 4) is 17.2 Å². The van der Waals surface area contributed by atoms with Crippen molar-refractivity contribution in [2.75, 3.05) is 0 Å². The first-order valence-electron chi connectivity index (χ1n) is 5.83. The summed E-state index contributed by atoms with van der Waals surface area (Å²) >= 11 is 6.24. The first-order valence-corrected chi connectivity index (χ1v) is 6.21. The second-order valence-corrected chi connectivity index (χ2v) is 4.57. The van der Waals surface area contributed by atoms with E-state index in [1.807, 2.05) is 48.5 Å². The highest BCUT2D eigenvalue weighted by Crippen LogP contribution is 2.29. The molecule has 0 amide bonds. The molecular formula is C16H9ClN2. The van der Waals surface area contributed by atoms with Crippen molar-refractivity contribution in [1.29, 1.82) is 5.26 Å². The summed E-state index contributed by atoms with van der Waals surface area (Å²) in [6.07, 6.45) is 1.51. The monoisotopic (exact) mass is 264 g/mol.